The lowest BCUT2D eigenvalue weighted by Gasteiger charge is -2.08. The van der Waals surface area contributed by atoms with E-state index < -0.39 is 10.8 Å². The fourth-order valence-corrected chi connectivity index (χ4v) is 2.14. The molecule has 0 aliphatic rings. The van der Waals surface area contributed by atoms with Crippen molar-refractivity contribution in [1.29, 1.82) is 0 Å². The number of anilines is 1. The first-order valence-corrected chi connectivity index (χ1v) is 7.79. The Bertz CT molecular complexity index is 480. The van der Waals surface area contributed by atoms with Crippen molar-refractivity contribution in [3.8, 4) is 0 Å². The van der Waals surface area contributed by atoms with E-state index in [0.29, 0.717) is 18.8 Å². The van der Waals surface area contributed by atoms with E-state index in [1.807, 2.05) is 13.2 Å². The number of nitro benzene ring substituents is 1. The summed E-state index contributed by atoms with van der Waals surface area (Å²) in [6, 6.07) is 4.48. The standard InChI is InChI=1S/C13H19N3O3S/c1-3-14-10-5-6-12(16(18)19)11(9-10)13(17)15-7-4-8-20-2/h5-6,9,14H,3-4,7-8H2,1-2H3,(H,15,17). The van der Waals surface area contributed by atoms with Crippen molar-refractivity contribution in [2.75, 3.05) is 30.4 Å². The zero-order chi connectivity index (χ0) is 15.0. The molecule has 0 spiro atoms. The number of nitrogens with one attached hydrogen (secondary N) is 2. The maximum atomic E-state index is 12.0. The number of amides is 1. The zero-order valence-corrected chi connectivity index (χ0v) is 12.5. The van der Waals surface area contributed by atoms with Crippen LogP contribution in [0.1, 0.15) is 23.7 Å². The molecule has 0 saturated heterocycles. The molecule has 1 amide bonds. The minimum atomic E-state index is -0.535. The van der Waals surface area contributed by atoms with E-state index in [4.69, 9.17) is 0 Å². The summed E-state index contributed by atoms with van der Waals surface area (Å²) in [6.07, 6.45) is 2.83. The highest BCUT2D eigenvalue weighted by atomic mass is 32.2. The smallest absolute Gasteiger partial charge is 0.282 e. The van der Waals surface area contributed by atoms with E-state index in [-0.39, 0.29) is 11.3 Å². The van der Waals surface area contributed by atoms with Crippen LogP contribution in [-0.4, -0.2) is 35.9 Å². The number of nitro groups is 1. The number of carbonyl (C=O) groups excluding carboxylic acids is 1. The van der Waals surface area contributed by atoms with Crippen LogP contribution in [0.2, 0.25) is 0 Å². The molecule has 20 heavy (non-hydrogen) atoms. The molecule has 0 unspecified atom stereocenters. The van der Waals surface area contributed by atoms with E-state index in [1.54, 1.807) is 17.8 Å². The molecule has 2 N–H and O–H groups in total. The van der Waals surface area contributed by atoms with Crippen molar-refractivity contribution < 1.29 is 9.72 Å². The van der Waals surface area contributed by atoms with Crippen LogP contribution in [0.4, 0.5) is 11.4 Å². The molecule has 1 aromatic carbocycles. The second-order valence-corrected chi connectivity index (χ2v) is 5.11. The van der Waals surface area contributed by atoms with E-state index in [2.05, 4.69) is 10.6 Å². The maximum Gasteiger partial charge on any atom is 0.282 e. The lowest BCUT2D eigenvalue weighted by atomic mass is 10.1. The van der Waals surface area contributed by atoms with Gasteiger partial charge in [0.05, 0.1) is 4.92 Å². The third-order valence-corrected chi connectivity index (χ3v) is 3.33. The largest absolute Gasteiger partial charge is 0.385 e. The Morgan fingerprint density at radius 3 is 2.80 bits per heavy atom. The predicted octanol–water partition coefficient (Wildman–Crippen LogP) is 2.51. The van der Waals surface area contributed by atoms with Gasteiger partial charge in [-0.25, -0.2) is 0 Å². The summed E-state index contributed by atoms with van der Waals surface area (Å²) in [7, 11) is 0. The highest BCUT2D eigenvalue weighted by Crippen LogP contribution is 2.22. The summed E-state index contributed by atoms with van der Waals surface area (Å²) in [5, 5.41) is 16.7. The first-order valence-electron chi connectivity index (χ1n) is 6.39. The highest BCUT2D eigenvalue weighted by Gasteiger charge is 2.20. The predicted molar refractivity (Wildman–Crippen MR) is 82.6 cm³/mol. The number of benzene rings is 1. The van der Waals surface area contributed by atoms with Gasteiger partial charge in [0.1, 0.15) is 5.56 Å². The Hall–Kier alpha value is -1.76. The number of rotatable bonds is 8. The third kappa shape index (κ3) is 4.73. The summed E-state index contributed by atoms with van der Waals surface area (Å²) in [5.41, 5.74) is 0.624. The number of hydrogen-bond donors (Lipinski definition) is 2. The number of hydrogen-bond acceptors (Lipinski definition) is 5. The van der Waals surface area contributed by atoms with E-state index in [0.717, 1.165) is 12.2 Å². The minimum absolute atomic E-state index is 0.0950. The normalized spacial score (nSPS) is 10.1. The molecule has 0 aliphatic heterocycles. The SMILES string of the molecule is CCNc1ccc([N+](=O)[O-])c(C(=O)NCCCSC)c1. The van der Waals surface area contributed by atoms with E-state index in [9.17, 15) is 14.9 Å². The van der Waals surface area contributed by atoms with Gasteiger partial charge in [0.15, 0.2) is 0 Å². The fourth-order valence-electron chi connectivity index (χ4n) is 1.70. The second-order valence-electron chi connectivity index (χ2n) is 4.12. The first-order chi connectivity index (χ1) is 9.60. The monoisotopic (exact) mass is 297 g/mol. The second kappa shape index (κ2) is 8.42. The summed E-state index contributed by atoms with van der Waals surface area (Å²) < 4.78 is 0. The van der Waals surface area contributed by atoms with Gasteiger partial charge < -0.3 is 10.6 Å². The Balaban J connectivity index is 2.85. The quantitative estimate of drug-likeness (QED) is 0.437. The Morgan fingerprint density at radius 1 is 1.45 bits per heavy atom. The van der Waals surface area contributed by atoms with Gasteiger partial charge in [-0.05, 0) is 37.5 Å². The average molecular weight is 297 g/mol. The molecule has 0 bridgehead atoms. The molecule has 1 rings (SSSR count). The van der Waals surface area contributed by atoms with Crippen LogP contribution in [0.15, 0.2) is 18.2 Å². The Morgan fingerprint density at radius 2 is 2.20 bits per heavy atom. The van der Waals surface area contributed by atoms with Crippen LogP contribution in [0.5, 0.6) is 0 Å². The molecule has 1 aromatic rings. The lowest BCUT2D eigenvalue weighted by Crippen LogP contribution is -2.25. The minimum Gasteiger partial charge on any atom is -0.385 e. The molecule has 0 saturated carbocycles. The summed E-state index contributed by atoms with van der Waals surface area (Å²) in [4.78, 5) is 22.5. The highest BCUT2D eigenvalue weighted by molar-refractivity contribution is 7.98. The number of nitrogens with zero attached hydrogens (tertiary/aromatic N) is 1. The first kappa shape index (κ1) is 16.3. The van der Waals surface area contributed by atoms with Crippen molar-refractivity contribution in [1.82, 2.24) is 5.32 Å². The number of carbonyl (C=O) groups is 1. The van der Waals surface area contributed by atoms with E-state index in [1.165, 1.54) is 12.1 Å². The molecular weight excluding hydrogens is 278 g/mol. The molecule has 7 heteroatoms. The summed E-state index contributed by atoms with van der Waals surface area (Å²) in [6.45, 7) is 3.12. The fraction of sp³-hybridized carbons (Fsp3) is 0.462. The van der Waals surface area contributed by atoms with Crippen molar-refractivity contribution in [2.24, 2.45) is 0 Å². The third-order valence-electron chi connectivity index (χ3n) is 2.63. The molecular formula is C13H19N3O3S. The molecule has 110 valence electrons. The number of thioether (sulfide) groups is 1. The van der Waals surface area contributed by atoms with Crippen LogP contribution >= 0.6 is 11.8 Å². The molecule has 0 atom stereocenters. The van der Waals surface area contributed by atoms with Crippen molar-refractivity contribution in [2.45, 2.75) is 13.3 Å². The Kier molecular flexibility index (Phi) is 6.86. The van der Waals surface area contributed by atoms with Gasteiger partial charge in [-0.1, -0.05) is 0 Å². The van der Waals surface area contributed by atoms with Gasteiger partial charge >= 0.3 is 0 Å². The van der Waals surface area contributed by atoms with Crippen molar-refractivity contribution in [3.05, 3.63) is 33.9 Å². The average Bonchev–Trinajstić information content (AvgIpc) is 2.43. The van der Waals surface area contributed by atoms with Crippen LogP contribution < -0.4 is 10.6 Å². The lowest BCUT2D eigenvalue weighted by molar-refractivity contribution is -0.385. The molecule has 0 heterocycles. The van der Waals surface area contributed by atoms with Gasteiger partial charge in [-0.3, -0.25) is 14.9 Å². The van der Waals surface area contributed by atoms with Gasteiger partial charge in [0, 0.05) is 24.8 Å². The van der Waals surface area contributed by atoms with E-state index >= 15 is 0 Å². The summed E-state index contributed by atoms with van der Waals surface area (Å²) >= 11 is 1.70. The van der Waals surface area contributed by atoms with Crippen molar-refractivity contribution >= 4 is 29.0 Å². The van der Waals surface area contributed by atoms with Gasteiger partial charge in [0.25, 0.3) is 11.6 Å². The molecule has 0 radical (unpaired) electrons. The molecule has 0 aromatic heterocycles. The van der Waals surface area contributed by atoms with Crippen LogP contribution in [-0.2, 0) is 0 Å². The Labute approximate surface area is 122 Å². The van der Waals surface area contributed by atoms with Crippen LogP contribution in [0.25, 0.3) is 0 Å². The van der Waals surface area contributed by atoms with Gasteiger partial charge in [-0.15, -0.1) is 0 Å². The molecule has 6 nitrogen and oxygen atoms in total. The van der Waals surface area contributed by atoms with Crippen molar-refractivity contribution in [3.63, 3.8) is 0 Å². The molecule has 0 fully saturated rings. The maximum absolute atomic E-state index is 12.0. The van der Waals surface area contributed by atoms with Crippen LogP contribution in [0, 0.1) is 10.1 Å². The van der Waals surface area contributed by atoms with Gasteiger partial charge in [0.2, 0.25) is 0 Å². The zero-order valence-electron chi connectivity index (χ0n) is 11.6. The summed E-state index contributed by atoms with van der Waals surface area (Å²) in [5.74, 6) is 0.539. The topological polar surface area (TPSA) is 84.3 Å². The van der Waals surface area contributed by atoms with Gasteiger partial charge in [-0.2, -0.15) is 11.8 Å². The molecule has 0 aliphatic carbocycles. The van der Waals surface area contributed by atoms with Crippen LogP contribution in [0.3, 0.4) is 0 Å².